The van der Waals surface area contributed by atoms with Gasteiger partial charge in [0.15, 0.2) is 0 Å². The molecule has 2 aromatic heterocycles. The molecule has 2 heterocycles. The number of likely N-dealkylation sites (N-methyl/N-ethyl adjacent to an activating group) is 1. The molecule has 0 aliphatic carbocycles. The first-order chi connectivity index (χ1) is 9.13. The van der Waals surface area contributed by atoms with Gasteiger partial charge in [-0.3, -0.25) is 14.3 Å². The fourth-order valence-corrected chi connectivity index (χ4v) is 2.21. The normalized spacial score (nSPS) is 13.1. The van der Waals surface area contributed by atoms with Crippen molar-refractivity contribution in [3.05, 3.63) is 35.1 Å². The first-order valence-electron chi connectivity index (χ1n) is 6.59. The van der Waals surface area contributed by atoms with Gasteiger partial charge in [0.05, 0.1) is 23.4 Å². The minimum Gasteiger partial charge on any atom is -0.305 e. The van der Waals surface area contributed by atoms with Crippen molar-refractivity contribution in [2.24, 2.45) is 0 Å². The Bertz CT molecular complexity index is 606. The Morgan fingerprint density at radius 3 is 2.89 bits per heavy atom. The summed E-state index contributed by atoms with van der Waals surface area (Å²) in [7, 11) is 4.09. The highest BCUT2D eigenvalue weighted by molar-refractivity contribution is 5.75. The Morgan fingerprint density at radius 1 is 1.42 bits per heavy atom. The van der Waals surface area contributed by atoms with Gasteiger partial charge >= 0.3 is 0 Å². The topological polar surface area (TPSA) is 51.0 Å². The number of fused-ring (bicyclic) bond motifs is 1. The second kappa shape index (κ2) is 5.93. The molecule has 1 atom stereocenters. The summed E-state index contributed by atoms with van der Waals surface area (Å²) in [6.45, 7) is 2.83. The number of pyridine rings is 1. The molecule has 0 radical (unpaired) electrons. The largest absolute Gasteiger partial charge is 0.305 e. The van der Waals surface area contributed by atoms with Crippen LogP contribution in [-0.4, -0.2) is 39.6 Å². The lowest BCUT2D eigenvalue weighted by Crippen LogP contribution is -2.35. The van der Waals surface area contributed by atoms with E-state index in [1.54, 1.807) is 29.4 Å². The molecule has 0 aliphatic rings. The smallest absolute Gasteiger partial charge is 0.261 e. The van der Waals surface area contributed by atoms with Crippen LogP contribution in [0.3, 0.4) is 0 Å². The third-order valence-electron chi connectivity index (χ3n) is 3.39. The van der Waals surface area contributed by atoms with Crippen molar-refractivity contribution in [3.8, 4) is 0 Å². The number of hydrogen-bond donors (Lipinski definition) is 0. The van der Waals surface area contributed by atoms with Gasteiger partial charge in [-0.1, -0.05) is 13.3 Å². The molecule has 0 bridgehead atoms. The van der Waals surface area contributed by atoms with E-state index < -0.39 is 0 Å². The molecule has 0 saturated carbocycles. The monoisotopic (exact) mass is 260 g/mol. The van der Waals surface area contributed by atoms with E-state index >= 15 is 0 Å². The zero-order valence-electron chi connectivity index (χ0n) is 11.7. The van der Waals surface area contributed by atoms with E-state index in [-0.39, 0.29) is 5.56 Å². The lowest BCUT2D eigenvalue weighted by atomic mass is 10.1. The second-order valence-corrected chi connectivity index (χ2v) is 5.00. The van der Waals surface area contributed by atoms with Crippen LogP contribution >= 0.6 is 0 Å². The highest BCUT2D eigenvalue weighted by Crippen LogP contribution is 2.07. The van der Waals surface area contributed by atoms with Gasteiger partial charge in [-0.15, -0.1) is 0 Å². The van der Waals surface area contributed by atoms with E-state index in [1.165, 1.54) is 0 Å². The molecular weight excluding hydrogens is 240 g/mol. The van der Waals surface area contributed by atoms with Crippen molar-refractivity contribution in [1.82, 2.24) is 19.4 Å². The number of nitrogens with zero attached hydrogens (tertiary/aromatic N) is 4. The van der Waals surface area contributed by atoms with Crippen LogP contribution in [0.25, 0.3) is 10.9 Å². The molecule has 0 unspecified atom stereocenters. The van der Waals surface area contributed by atoms with Crippen molar-refractivity contribution in [1.29, 1.82) is 0 Å². The summed E-state index contributed by atoms with van der Waals surface area (Å²) < 4.78 is 1.70. The predicted molar refractivity (Wildman–Crippen MR) is 76.2 cm³/mol. The van der Waals surface area contributed by atoms with Gasteiger partial charge in [-0.05, 0) is 26.6 Å². The molecule has 0 aliphatic heterocycles. The number of rotatable bonds is 5. The molecule has 0 amide bonds. The van der Waals surface area contributed by atoms with Crippen LogP contribution in [0.2, 0.25) is 0 Å². The summed E-state index contributed by atoms with van der Waals surface area (Å²) in [5, 5.41) is 0.631. The molecule has 5 heteroatoms. The van der Waals surface area contributed by atoms with Crippen LogP contribution in [0.15, 0.2) is 29.6 Å². The molecule has 5 nitrogen and oxygen atoms in total. The number of hydrogen-bond acceptors (Lipinski definition) is 4. The SMILES string of the molecule is CCC[C@H](Cn1cnc2cnccc2c1=O)N(C)C. The van der Waals surface area contributed by atoms with Crippen molar-refractivity contribution in [3.63, 3.8) is 0 Å². The van der Waals surface area contributed by atoms with E-state index in [4.69, 9.17) is 0 Å². The van der Waals surface area contributed by atoms with Crippen molar-refractivity contribution < 1.29 is 0 Å². The minimum atomic E-state index is 0.00959. The van der Waals surface area contributed by atoms with Gasteiger partial charge in [0, 0.05) is 18.8 Å². The highest BCUT2D eigenvalue weighted by atomic mass is 16.1. The summed E-state index contributed by atoms with van der Waals surface area (Å²) in [6.07, 6.45) is 7.04. The average molecular weight is 260 g/mol. The van der Waals surface area contributed by atoms with Crippen molar-refractivity contribution in [2.45, 2.75) is 32.4 Å². The summed E-state index contributed by atoms with van der Waals surface area (Å²) in [5.74, 6) is 0. The van der Waals surface area contributed by atoms with Gasteiger partial charge in [-0.2, -0.15) is 0 Å². The van der Waals surface area contributed by atoms with Gasteiger partial charge < -0.3 is 4.90 Å². The van der Waals surface area contributed by atoms with E-state index in [1.807, 2.05) is 14.1 Å². The van der Waals surface area contributed by atoms with Crippen LogP contribution in [-0.2, 0) is 6.54 Å². The van der Waals surface area contributed by atoms with Gasteiger partial charge in [0.2, 0.25) is 0 Å². The van der Waals surface area contributed by atoms with Crippen molar-refractivity contribution >= 4 is 10.9 Å². The molecule has 0 saturated heterocycles. The number of aromatic nitrogens is 3. The molecule has 0 N–H and O–H groups in total. The molecule has 0 spiro atoms. The van der Waals surface area contributed by atoms with Crippen LogP contribution in [0.4, 0.5) is 0 Å². The summed E-state index contributed by atoms with van der Waals surface area (Å²) >= 11 is 0. The molecule has 0 fully saturated rings. The maximum atomic E-state index is 12.4. The lowest BCUT2D eigenvalue weighted by molar-refractivity contribution is 0.246. The van der Waals surface area contributed by atoms with Crippen LogP contribution in [0.1, 0.15) is 19.8 Å². The van der Waals surface area contributed by atoms with E-state index in [2.05, 4.69) is 21.8 Å². The maximum Gasteiger partial charge on any atom is 0.261 e. The van der Waals surface area contributed by atoms with Gasteiger partial charge in [-0.25, -0.2) is 4.98 Å². The van der Waals surface area contributed by atoms with E-state index in [9.17, 15) is 4.79 Å². The average Bonchev–Trinajstić information content (AvgIpc) is 2.41. The van der Waals surface area contributed by atoms with Crippen LogP contribution in [0, 0.1) is 0 Å². The zero-order chi connectivity index (χ0) is 13.8. The van der Waals surface area contributed by atoms with E-state index in [0.717, 1.165) is 12.8 Å². The molecule has 2 aromatic rings. The molecule has 19 heavy (non-hydrogen) atoms. The second-order valence-electron chi connectivity index (χ2n) is 5.00. The molecular formula is C14H20N4O. The Morgan fingerprint density at radius 2 is 2.21 bits per heavy atom. The first kappa shape index (κ1) is 13.7. The fourth-order valence-electron chi connectivity index (χ4n) is 2.21. The highest BCUT2D eigenvalue weighted by Gasteiger charge is 2.13. The summed E-state index contributed by atoms with van der Waals surface area (Å²) in [6, 6.07) is 2.08. The zero-order valence-corrected chi connectivity index (χ0v) is 11.7. The maximum absolute atomic E-state index is 12.4. The standard InChI is InChI=1S/C14H20N4O/c1-4-5-11(17(2)3)9-18-10-16-13-8-15-7-6-12(13)14(18)19/h6-8,10-11H,4-5,9H2,1-3H3/t11-/m1/s1. The Kier molecular flexibility index (Phi) is 4.27. The van der Waals surface area contributed by atoms with Crippen LogP contribution in [0.5, 0.6) is 0 Å². The molecule has 102 valence electrons. The quantitative estimate of drug-likeness (QED) is 0.818. The Labute approximate surface area is 112 Å². The Hall–Kier alpha value is -1.75. The third kappa shape index (κ3) is 2.98. The lowest BCUT2D eigenvalue weighted by Gasteiger charge is -2.24. The summed E-state index contributed by atoms with van der Waals surface area (Å²) in [4.78, 5) is 22.8. The minimum absolute atomic E-state index is 0.00959. The Balaban J connectivity index is 2.35. The summed E-state index contributed by atoms with van der Waals surface area (Å²) in [5.41, 5.74) is 0.663. The predicted octanol–water partition coefficient (Wildman–Crippen LogP) is 1.52. The van der Waals surface area contributed by atoms with Crippen molar-refractivity contribution in [2.75, 3.05) is 14.1 Å². The fraction of sp³-hybridized carbons (Fsp3) is 0.500. The van der Waals surface area contributed by atoms with Gasteiger partial charge in [0.1, 0.15) is 0 Å². The van der Waals surface area contributed by atoms with Gasteiger partial charge in [0.25, 0.3) is 5.56 Å². The van der Waals surface area contributed by atoms with E-state index in [0.29, 0.717) is 23.5 Å². The van der Waals surface area contributed by atoms with Crippen LogP contribution < -0.4 is 5.56 Å². The third-order valence-corrected chi connectivity index (χ3v) is 3.39. The first-order valence-corrected chi connectivity index (χ1v) is 6.59. The molecule has 2 rings (SSSR count). The molecule has 0 aromatic carbocycles.